The van der Waals surface area contributed by atoms with E-state index in [1.807, 2.05) is 4.90 Å². The highest BCUT2D eigenvalue weighted by Crippen LogP contribution is 2.26. The molecule has 1 aliphatic rings. The van der Waals surface area contributed by atoms with Gasteiger partial charge in [0, 0.05) is 18.0 Å². The van der Waals surface area contributed by atoms with Crippen LogP contribution in [0.1, 0.15) is 24.3 Å². The highest BCUT2D eigenvalue weighted by Gasteiger charge is 2.27. The molecule has 2 nitrogen and oxygen atoms in total. The summed E-state index contributed by atoms with van der Waals surface area (Å²) in [5, 5.41) is 2.12. The Kier molecular flexibility index (Phi) is 3.70. The molecule has 0 unspecified atom stereocenters. The van der Waals surface area contributed by atoms with Crippen LogP contribution in [0, 0.1) is 5.92 Å². The predicted octanol–water partition coefficient (Wildman–Crippen LogP) is 3.05. The fraction of sp³-hybridized carbons (Fsp3) is 0.583. The number of nitrogens with zero attached hydrogens (tertiary/aromatic N) is 1. The number of rotatable bonds is 2. The molecule has 1 aromatic rings. The number of carbonyl (C=O) groups is 1. The van der Waals surface area contributed by atoms with Crippen LogP contribution in [-0.2, 0) is 17.8 Å². The van der Waals surface area contributed by atoms with E-state index in [0.717, 1.165) is 19.5 Å². The van der Waals surface area contributed by atoms with Gasteiger partial charge < -0.3 is 4.90 Å². The lowest BCUT2D eigenvalue weighted by molar-refractivity contribution is -0.132. The third-order valence-electron chi connectivity index (χ3n) is 2.94. The first-order valence-corrected chi connectivity index (χ1v) is 7.37. The van der Waals surface area contributed by atoms with E-state index in [0.29, 0.717) is 5.92 Å². The van der Waals surface area contributed by atoms with E-state index >= 15 is 0 Å². The molecule has 0 aliphatic carbocycles. The SMILES string of the molecule is CC(C)[C@H](Br)C(=O)N1CCc2sccc2C1. The highest BCUT2D eigenvalue weighted by atomic mass is 79.9. The smallest absolute Gasteiger partial charge is 0.236 e. The Labute approximate surface area is 109 Å². The lowest BCUT2D eigenvalue weighted by atomic mass is 10.1. The van der Waals surface area contributed by atoms with Gasteiger partial charge in [-0.05, 0) is 29.3 Å². The van der Waals surface area contributed by atoms with Crippen LogP contribution in [0.2, 0.25) is 0 Å². The largest absolute Gasteiger partial charge is 0.337 e. The van der Waals surface area contributed by atoms with Crippen LogP contribution in [0.4, 0.5) is 0 Å². The Bertz CT molecular complexity index is 388. The topological polar surface area (TPSA) is 20.3 Å². The molecule has 0 fully saturated rings. The van der Waals surface area contributed by atoms with E-state index in [1.54, 1.807) is 11.3 Å². The fourth-order valence-electron chi connectivity index (χ4n) is 1.90. The second-order valence-electron chi connectivity index (χ2n) is 4.52. The molecule has 0 radical (unpaired) electrons. The standard InChI is InChI=1S/C12H16BrNOS/c1-8(2)11(13)12(15)14-5-3-10-9(7-14)4-6-16-10/h4,6,8,11H,3,5,7H2,1-2H3/t11-/m0/s1. The van der Waals surface area contributed by atoms with Crippen molar-refractivity contribution in [3.05, 3.63) is 21.9 Å². The first-order valence-electron chi connectivity index (χ1n) is 5.57. The average molecular weight is 302 g/mol. The third kappa shape index (κ3) is 2.33. The molecule has 88 valence electrons. The van der Waals surface area contributed by atoms with E-state index in [2.05, 4.69) is 41.2 Å². The van der Waals surface area contributed by atoms with E-state index in [-0.39, 0.29) is 10.7 Å². The molecule has 0 bridgehead atoms. The summed E-state index contributed by atoms with van der Waals surface area (Å²) < 4.78 is 0. The van der Waals surface area contributed by atoms with Gasteiger partial charge in [-0.25, -0.2) is 0 Å². The summed E-state index contributed by atoms with van der Waals surface area (Å²) in [5.41, 5.74) is 1.33. The Morgan fingerprint density at radius 2 is 2.31 bits per heavy atom. The minimum atomic E-state index is -0.0484. The van der Waals surface area contributed by atoms with Crippen molar-refractivity contribution in [3.8, 4) is 0 Å². The van der Waals surface area contributed by atoms with Gasteiger partial charge in [-0.1, -0.05) is 29.8 Å². The van der Waals surface area contributed by atoms with Crippen LogP contribution in [0.5, 0.6) is 0 Å². The van der Waals surface area contributed by atoms with Crippen molar-refractivity contribution in [3.63, 3.8) is 0 Å². The first kappa shape index (κ1) is 12.1. The van der Waals surface area contributed by atoms with Gasteiger partial charge in [0.05, 0.1) is 4.83 Å². The molecule has 0 N–H and O–H groups in total. The van der Waals surface area contributed by atoms with Gasteiger partial charge in [-0.15, -0.1) is 11.3 Å². The second kappa shape index (κ2) is 4.88. The average Bonchev–Trinajstić information content (AvgIpc) is 2.73. The van der Waals surface area contributed by atoms with Crippen LogP contribution in [0.25, 0.3) is 0 Å². The van der Waals surface area contributed by atoms with Crippen LogP contribution in [0.15, 0.2) is 11.4 Å². The van der Waals surface area contributed by atoms with Gasteiger partial charge in [0.2, 0.25) is 5.91 Å². The van der Waals surface area contributed by atoms with Gasteiger partial charge >= 0.3 is 0 Å². The molecule has 2 heterocycles. The molecule has 1 aliphatic heterocycles. The van der Waals surface area contributed by atoms with Gasteiger partial charge in [-0.3, -0.25) is 4.79 Å². The maximum atomic E-state index is 12.2. The van der Waals surface area contributed by atoms with Crippen molar-refractivity contribution in [2.24, 2.45) is 5.92 Å². The number of fused-ring (bicyclic) bond motifs is 1. The molecule has 1 amide bonds. The van der Waals surface area contributed by atoms with E-state index in [4.69, 9.17) is 0 Å². The molecule has 0 saturated carbocycles. The van der Waals surface area contributed by atoms with Gasteiger partial charge in [0.25, 0.3) is 0 Å². The first-order chi connectivity index (χ1) is 7.59. The zero-order valence-electron chi connectivity index (χ0n) is 9.57. The number of hydrogen-bond acceptors (Lipinski definition) is 2. The minimum Gasteiger partial charge on any atom is -0.337 e. The Hall–Kier alpha value is -0.350. The summed E-state index contributed by atoms with van der Waals surface area (Å²) >= 11 is 5.29. The normalized spacial score (nSPS) is 17.4. The summed E-state index contributed by atoms with van der Waals surface area (Å²) in [6, 6.07) is 2.14. The summed E-state index contributed by atoms with van der Waals surface area (Å²) in [6.45, 7) is 5.78. The lowest BCUT2D eigenvalue weighted by Gasteiger charge is -2.29. The third-order valence-corrected chi connectivity index (χ3v) is 5.41. The zero-order chi connectivity index (χ0) is 11.7. The van der Waals surface area contributed by atoms with Crippen molar-refractivity contribution in [2.75, 3.05) is 6.54 Å². The van der Waals surface area contributed by atoms with Gasteiger partial charge in [0.15, 0.2) is 0 Å². The van der Waals surface area contributed by atoms with Crippen LogP contribution in [-0.4, -0.2) is 22.2 Å². The predicted molar refractivity (Wildman–Crippen MR) is 71.0 cm³/mol. The molecule has 0 saturated heterocycles. The van der Waals surface area contributed by atoms with Crippen LogP contribution in [0.3, 0.4) is 0 Å². The second-order valence-corrected chi connectivity index (χ2v) is 6.51. The number of halogens is 1. The van der Waals surface area contributed by atoms with Crippen LogP contribution >= 0.6 is 27.3 Å². The Morgan fingerprint density at radius 3 is 3.00 bits per heavy atom. The van der Waals surface area contributed by atoms with E-state index in [9.17, 15) is 4.79 Å². The number of amides is 1. The summed E-state index contributed by atoms with van der Waals surface area (Å²) in [4.78, 5) is 15.5. The fourth-order valence-corrected chi connectivity index (χ4v) is 3.08. The molecular weight excluding hydrogens is 286 g/mol. The molecule has 1 aromatic heterocycles. The number of alkyl halides is 1. The summed E-state index contributed by atoms with van der Waals surface area (Å²) in [5.74, 6) is 0.572. The molecule has 16 heavy (non-hydrogen) atoms. The van der Waals surface area contributed by atoms with Crippen molar-refractivity contribution in [1.29, 1.82) is 0 Å². The molecule has 2 rings (SSSR count). The maximum Gasteiger partial charge on any atom is 0.236 e. The van der Waals surface area contributed by atoms with Crippen molar-refractivity contribution < 1.29 is 4.79 Å². The quantitative estimate of drug-likeness (QED) is 0.769. The number of carbonyl (C=O) groups excluding carboxylic acids is 1. The number of hydrogen-bond donors (Lipinski definition) is 0. The minimum absolute atomic E-state index is 0.0484. The van der Waals surface area contributed by atoms with E-state index < -0.39 is 0 Å². The van der Waals surface area contributed by atoms with Crippen molar-refractivity contribution >= 4 is 33.2 Å². The monoisotopic (exact) mass is 301 g/mol. The summed E-state index contributed by atoms with van der Waals surface area (Å²) in [7, 11) is 0. The molecule has 0 spiro atoms. The number of thiophene rings is 1. The molecule has 0 aromatic carbocycles. The van der Waals surface area contributed by atoms with Crippen molar-refractivity contribution in [2.45, 2.75) is 31.6 Å². The van der Waals surface area contributed by atoms with Gasteiger partial charge in [-0.2, -0.15) is 0 Å². The molecule has 1 atom stereocenters. The van der Waals surface area contributed by atoms with Crippen LogP contribution < -0.4 is 0 Å². The lowest BCUT2D eigenvalue weighted by Crippen LogP contribution is -2.41. The molecular formula is C12H16BrNOS. The zero-order valence-corrected chi connectivity index (χ0v) is 12.0. The molecule has 4 heteroatoms. The highest BCUT2D eigenvalue weighted by molar-refractivity contribution is 9.10. The maximum absolute atomic E-state index is 12.2. The Morgan fingerprint density at radius 1 is 1.56 bits per heavy atom. The van der Waals surface area contributed by atoms with Crippen molar-refractivity contribution in [1.82, 2.24) is 4.90 Å². The Balaban J connectivity index is 2.06. The summed E-state index contributed by atoms with van der Waals surface area (Å²) in [6.07, 6.45) is 1.01. The van der Waals surface area contributed by atoms with E-state index in [1.165, 1.54) is 10.4 Å². The van der Waals surface area contributed by atoms with Gasteiger partial charge in [0.1, 0.15) is 0 Å².